The molecule has 0 aromatic carbocycles. The van der Waals surface area contributed by atoms with Crippen molar-refractivity contribution in [2.24, 2.45) is 7.05 Å². The molecule has 0 atom stereocenters. The number of fused-ring (bicyclic) bond motifs is 1. The Hall–Kier alpha value is -2.44. The van der Waals surface area contributed by atoms with Crippen LogP contribution in [0.1, 0.15) is 12.6 Å². The number of hydrogen-bond acceptors (Lipinski definition) is 5. The zero-order valence-electron chi connectivity index (χ0n) is 10.2. The standard InChI is InChI=1S/C11H13N7/c1-3-8-9(6-17(2)16-8)14-10-11-15-13-7-18(11)5-4-12-10/h4-7H,3H2,1-2H3,(H,12,14). The van der Waals surface area contributed by atoms with Crippen molar-refractivity contribution in [3.63, 3.8) is 0 Å². The summed E-state index contributed by atoms with van der Waals surface area (Å²) in [4.78, 5) is 4.29. The molecule has 0 unspecified atom stereocenters. The number of hydrogen-bond donors (Lipinski definition) is 1. The lowest BCUT2D eigenvalue weighted by molar-refractivity contribution is 0.746. The molecule has 1 N–H and O–H groups in total. The van der Waals surface area contributed by atoms with E-state index in [0.29, 0.717) is 11.5 Å². The zero-order valence-corrected chi connectivity index (χ0v) is 10.2. The van der Waals surface area contributed by atoms with Crippen LogP contribution in [0.3, 0.4) is 0 Å². The lowest BCUT2D eigenvalue weighted by Gasteiger charge is -2.04. The van der Waals surface area contributed by atoms with Gasteiger partial charge in [0.25, 0.3) is 0 Å². The third-order valence-corrected chi connectivity index (χ3v) is 2.71. The van der Waals surface area contributed by atoms with Gasteiger partial charge in [0, 0.05) is 25.6 Å². The summed E-state index contributed by atoms with van der Waals surface area (Å²) >= 11 is 0. The van der Waals surface area contributed by atoms with Crippen LogP contribution >= 0.6 is 0 Å². The van der Waals surface area contributed by atoms with Gasteiger partial charge < -0.3 is 5.32 Å². The van der Waals surface area contributed by atoms with Crippen LogP contribution in [0.15, 0.2) is 24.9 Å². The Labute approximate surface area is 103 Å². The second kappa shape index (κ2) is 4.10. The van der Waals surface area contributed by atoms with Crippen molar-refractivity contribution in [2.75, 3.05) is 5.32 Å². The monoisotopic (exact) mass is 243 g/mol. The molecular formula is C11H13N7. The summed E-state index contributed by atoms with van der Waals surface area (Å²) in [7, 11) is 1.90. The quantitative estimate of drug-likeness (QED) is 0.747. The van der Waals surface area contributed by atoms with Crippen molar-refractivity contribution in [1.82, 2.24) is 29.4 Å². The predicted molar refractivity (Wildman–Crippen MR) is 66.7 cm³/mol. The molecule has 92 valence electrons. The van der Waals surface area contributed by atoms with Gasteiger partial charge in [0.15, 0.2) is 5.82 Å². The van der Waals surface area contributed by atoms with Crippen molar-refractivity contribution in [3.8, 4) is 0 Å². The number of nitrogens with one attached hydrogen (secondary N) is 1. The summed E-state index contributed by atoms with van der Waals surface area (Å²) < 4.78 is 3.60. The molecule has 3 aromatic heterocycles. The van der Waals surface area contributed by atoms with E-state index < -0.39 is 0 Å². The molecule has 3 heterocycles. The van der Waals surface area contributed by atoms with Crippen LogP contribution in [0.25, 0.3) is 5.65 Å². The maximum atomic E-state index is 4.38. The maximum absolute atomic E-state index is 4.38. The topological polar surface area (TPSA) is 72.9 Å². The van der Waals surface area contributed by atoms with Gasteiger partial charge in [0.05, 0.1) is 11.4 Å². The number of aryl methyl sites for hydroxylation is 2. The van der Waals surface area contributed by atoms with Crippen LogP contribution in [0.5, 0.6) is 0 Å². The molecule has 0 aliphatic carbocycles. The number of rotatable bonds is 3. The van der Waals surface area contributed by atoms with Crippen LogP contribution in [-0.2, 0) is 13.5 Å². The van der Waals surface area contributed by atoms with Crippen molar-refractivity contribution >= 4 is 17.2 Å². The molecule has 0 amide bonds. The highest BCUT2D eigenvalue weighted by Crippen LogP contribution is 2.20. The lowest BCUT2D eigenvalue weighted by atomic mass is 10.3. The van der Waals surface area contributed by atoms with Crippen molar-refractivity contribution in [3.05, 3.63) is 30.6 Å². The summed E-state index contributed by atoms with van der Waals surface area (Å²) in [6.07, 6.45) is 7.96. The van der Waals surface area contributed by atoms with Crippen LogP contribution in [0.2, 0.25) is 0 Å². The van der Waals surface area contributed by atoms with E-state index in [2.05, 4.69) is 32.5 Å². The van der Waals surface area contributed by atoms with Crippen molar-refractivity contribution < 1.29 is 0 Å². The average Bonchev–Trinajstić information content (AvgIpc) is 2.96. The molecule has 3 rings (SSSR count). The van der Waals surface area contributed by atoms with Crippen molar-refractivity contribution in [1.29, 1.82) is 0 Å². The summed E-state index contributed by atoms with van der Waals surface area (Å²) in [5, 5.41) is 15.5. The summed E-state index contributed by atoms with van der Waals surface area (Å²) in [6, 6.07) is 0. The molecule has 0 spiro atoms. The first-order valence-electron chi connectivity index (χ1n) is 5.72. The van der Waals surface area contributed by atoms with Gasteiger partial charge in [-0.3, -0.25) is 9.08 Å². The third kappa shape index (κ3) is 1.69. The van der Waals surface area contributed by atoms with Crippen molar-refractivity contribution in [2.45, 2.75) is 13.3 Å². The summed E-state index contributed by atoms with van der Waals surface area (Å²) in [6.45, 7) is 2.07. The van der Waals surface area contributed by atoms with Crippen LogP contribution in [0, 0.1) is 0 Å². The van der Waals surface area contributed by atoms with E-state index in [-0.39, 0.29) is 0 Å². The van der Waals surface area contributed by atoms with E-state index >= 15 is 0 Å². The highest BCUT2D eigenvalue weighted by molar-refractivity contribution is 5.69. The van der Waals surface area contributed by atoms with Crippen LogP contribution < -0.4 is 5.32 Å². The first kappa shape index (κ1) is 10.7. The SMILES string of the molecule is CCc1nn(C)cc1Nc1nccn2cnnc12. The van der Waals surface area contributed by atoms with Gasteiger partial charge in [-0.2, -0.15) is 5.10 Å². The van der Waals surface area contributed by atoms with E-state index in [4.69, 9.17) is 0 Å². The fraction of sp³-hybridized carbons (Fsp3) is 0.273. The summed E-state index contributed by atoms with van der Waals surface area (Å²) in [5.41, 5.74) is 2.65. The second-order valence-corrected chi connectivity index (χ2v) is 3.98. The van der Waals surface area contributed by atoms with Gasteiger partial charge in [-0.1, -0.05) is 6.92 Å². The van der Waals surface area contributed by atoms with Gasteiger partial charge in [0.2, 0.25) is 5.65 Å². The molecule has 0 bridgehead atoms. The first-order valence-corrected chi connectivity index (χ1v) is 5.72. The van der Waals surface area contributed by atoms with E-state index in [1.165, 1.54) is 0 Å². The van der Waals surface area contributed by atoms with E-state index in [1.807, 2.05) is 23.8 Å². The largest absolute Gasteiger partial charge is 0.334 e. The molecule has 0 radical (unpaired) electrons. The highest BCUT2D eigenvalue weighted by Gasteiger charge is 2.10. The molecular weight excluding hydrogens is 230 g/mol. The Morgan fingerprint density at radius 3 is 3.11 bits per heavy atom. The fourth-order valence-corrected chi connectivity index (χ4v) is 1.87. The molecule has 0 saturated carbocycles. The van der Waals surface area contributed by atoms with E-state index in [0.717, 1.165) is 17.8 Å². The lowest BCUT2D eigenvalue weighted by Crippen LogP contribution is -1.98. The second-order valence-electron chi connectivity index (χ2n) is 3.98. The van der Waals surface area contributed by atoms with Gasteiger partial charge >= 0.3 is 0 Å². The third-order valence-electron chi connectivity index (χ3n) is 2.71. The minimum atomic E-state index is 0.678. The highest BCUT2D eigenvalue weighted by atomic mass is 15.3. The average molecular weight is 243 g/mol. The maximum Gasteiger partial charge on any atom is 0.203 e. The molecule has 0 saturated heterocycles. The zero-order chi connectivity index (χ0) is 12.5. The molecule has 0 fully saturated rings. The minimum absolute atomic E-state index is 0.678. The molecule has 0 aliphatic heterocycles. The van der Waals surface area contributed by atoms with Crippen LogP contribution in [-0.4, -0.2) is 29.4 Å². The Balaban J connectivity index is 2.03. The Morgan fingerprint density at radius 2 is 2.28 bits per heavy atom. The first-order chi connectivity index (χ1) is 8.78. The Morgan fingerprint density at radius 1 is 1.39 bits per heavy atom. The molecule has 0 aliphatic rings. The Bertz CT molecular complexity index is 682. The summed E-state index contributed by atoms with van der Waals surface area (Å²) in [5.74, 6) is 0.678. The van der Waals surface area contributed by atoms with Gasteiger partial charge in [-0.25, -0.2) is 4.98 Å². The smallest absolute Gasteiger partial charge is 0.203 e. The predicted octanol–water partition coefficient (Wildman–Crippen LogP) is 1.16. The fourth-order valence-electron chi connectivity index (χ4n) is 1.87. The van der Waals surface area contributed by atoms with E-state index in [9.17, 15) is 0 Å². The van der Waals surface area contributed by atoms with Gasteiger partial charge in [-0.05, 0) is 6.42 Å². The molecule has 3 aromatic rings. The van der Waals surface area contributed by atoms with Gasteiger partial charge in [0.1, 0.15) is 6.33 Å². The molecule has 18 heavy (non-hydrogen) atoms. The molecule has 7 heteroatoms. The number of aromatic nitrogens is 6. The number of anilines is 2. The minimum Gasteiger partial charge on any atom is -0.334 e. The Kier molecular flexibility index (Phi) is 2.44. The van der Waals surface area contributed by atoms with Gasteiger partial charge in [-0.15, -0.1) is 10.2 Å². The van der Waals surface area contributed by atoms with E-state index in [1.54, 1.807) is 17.2 Å². The molecule has 7 nitrogen and oxygen atoms in total. The van der Waals surface area contributed by atoms with Crippen LogP contribution in [0.4, 0.5) is 11.5 Å². The number of nitrogens with zero attached hydrogens (tertiary/aromatic N) is 6. The normalized spacial score (nSPS) is 11.0.